The van der Waals surface area contributed by atoms with E-state index in [4.69, 9.17) is 11.6 Å². The van der Waals surface area contributed by atoms with Gasteiger partial charge in [0, 0.05) is 23.3 Å². The highest BCUT2D eigenvalue weighted by Crippen LogP contribution is 2.21. The fourth-order valence-corrected chi connectivity index (χ4v) is 2.25. The van der Waals surface area contributed by atoms with E-state index in [0.29, 0.717) is 11.1 Å². The van der Waals surface area contributed by atoms with E-state index in [9.17, 15) is 4.79 Å². The predicted octanol–water partition coefficient (Wildman–Crippen LogP) is 2.44. The van der Waals surface area contributed by atoms with Crippen LogP contribution in [0.5, 0.6) is 0 Å². The molecule has 1 aliphatic rings. The summed E-state index contributed by atoms with van der Waals surface area (Å²) in [4.78, 5) is 14.0. The van der Waals surface area contributed by atoms with E-state index in [1.54, 1.807) is 0 Å². The van der Waals surface area contributed by atoms with Gasteiger partial charge in [-0.2, -0.15) is 0 Å². The van der Waals surface area contributed by atoms with Crippen molar-refractivity contribution in [3.8, 4) is 0 Å². The number of hydrogen-bond donors (Lipinski definition) is 1. The predicted molar refractivity (Wildman–Crippen MR) is 70.5 cm³/mol. The van der Waals surface area contributed by atoms with Gasteiger partial charge in [-0.3, -0.25) is 4.79 Å². The molecular weight excluding hydrogens is 236 g/mol. The van der Waals surface area contributed by atoms with Gasteiger partial charge in [-0.05, 0) is 44.5 Å². The maximum Gasteiger partial charge on any atom is 0.243 e. The number of carbonyl (C=O) groups excluding carboxylic acids is 1. The summed E-state index contributed by atoms with van der Waals surface area (Å²) >= 11 is 5.86. The number of rotatable bonds is 1. The van der Waals surface area contributed by atoms with Crippen LogP contribution < -0.4 is 10.2 Å². The molecule has 0 saturated carbocycles. The first kappa shape index (κ1) is 12.4. The van der Waals surface area contributed by atoms with Gasteiger partial charge in [0.25, 0.3) is 0 Å². The fraction of sp³-hybridized carbons (Fsp3) is 0.462. The topological polar surface area (TPSA) is 32.3 Å². The molecule has 0 aliphatic carbocycles. The third kappa shape index (κ3) is 2.79. The van der Waals surface area contributed by atoms with Gasteiger partial charge in [0.05, 0.1) is 6.04 Å². The highest BCUT2D eigenvalue weighted by molar-refractivity contribution is 6.30. The van der Waals surface area contributed by atoms with Crippen LogP contribution in [0.25, 0.3) is 0 Å². The Balaban J connectivity index is 2.24. The summed E-state index contributed by atoms with van der Waals surface area (Å²) in [5.41, 5.74) is 0.919. The molecule has 2 atom stereocenters. The zero-order valence-electron chi connectivity index (χ0n) is 10.1. The second kappa shape index (κ2) is 5.07. The van der Waals surface area contributed by atoms with Crippen molar-refractivity contribution in [1.29, 1.82) is 0 Å². The zero-order valence-corrected chi connectivity index (χ0v) is 10.9. The summed E-state index contributed by atoms with van der Waals surface area (Å²) in [7, 11) is 0. The molecular formula is C13H17ClN2O. The van der Waals surface area contributed by atoms with Crippen LogP contribution in [0.15, 0.2) is 24.3 Å². The van der Waals surface area contributed by atoms with Gasteiger partial charge in [-0.15, -0.1) is 0 Å². The standard InChI is InChI=1S/C13H17ClN2O/c1-9-7-8-16(13(17)10(2)15-9)12-5-3-11(14)4-6-12/h3-6,9-10,15H,7-8H2,1-2H3. The highest BCUT2D eigenvalue weighted by Gasteiger charge is 2.26. The van der Waals surface area contributed by atoms with Crippen LogP contribution in [0.1, 0.15) is 20.3 Å². The maximum atomic E-state index is 12.2. The van der Waals surface area contributed by atoms with Gasteiger partial charge >= 0.3 is 0 Å². The molecule has 1 aromatic carbocycles. The van der Waals surface area contributed by atoms with E-state index in [2.05, 4.69) is 12.2 Å². The Morgan fingerprint density at radius 3 is 2.59 bits per heavy atom. The molecule has 1 N–H and O–H groups in total. The van der Waals surface area contributed by atoms with Gasteiger partial charge in [0.15, 0.2) is 0 Å². The van der Waals surface area contributed by atoms with E-state index in [1.165, 1.54) is 0 Å². The summed E-state index contributed by atoms with van der Waals surface area (Å²) in [6, 6.07) is 7.65. The van der Waals surface area contributed by atoms with Crippen LogP contribution in [0, 0.1) is 0 Å². The summed E-state index contributed by atoms with van der Waals surface area (Å²) in [5.74, 6) is 0.122. The minimum absolute atomic E-state index is 0.122. The number of amides is 1. The van der Waals surface area contributed by atoms with Crippen LogP contribution in [0.4, 0.5) is 5.69 Å². The number of hydrogen-bond acceptors (Lipinski definition) is 2. The van der Waals surface area contributed by atoms with E-state index in [1.807, 2.05) is 36.1 Å². The van der Waals surface area contributed by atoms with E-state index in [-0.39, 0.29) is 11.9 Å². The smallest absolute Gasteiger partial charge is 0.243 e. The molecule has 1 aromatic rings. The van der Waals surface area contributed by atoms with Crippen LogP contribution in [-0.4, -0.2) is 24.5 Å². The van der Waals surface area contributed by atoms with Gasteiger partial charge in [-0.25, -0.2) is 0 Å². The lowest BCUT2D eigenvalue weighted by Gasteiger charge is -2.22. The van der Waals surface area contributed by atoms with Crippen molar-refractivity contribution < 1.29 is 4.79 Å². The minimum atomic E-state index is -0.136. The molecule has 0 spiro atoms. The molecule has 3 nitrogen and oxygen atoms in total. The Hall–Kier alpha value is -1.06. The number of benzene rings is 1. The number of nitrogens with one attached hydrogen (secondary N) is 1. The molecule has 0 radical (unpaired) electrons. The van der Waals surface area contributed by atoms with Crippen LogP contribution in [-0.2, 0) is 4.79 Å². The average Bonchev–Trinajstić information content (AvgIpc) is 2.42. The SMILES string of the molecule is CC1CCN(c2ccc(Cl)cc2)C(=O)C(C)N1. The van der Waals surface area contributed by atoms with Crippen molar-refractivity contribution in [3.05, 3.63) is 29.3 Å². The van der Waals surface area contributed by atoms with Gasteiger partial charge in [0.2, 0.25) is 5.91 Å². The molecule has 17 heavy (non-hydrogen) atoms. The largest absolute Gasteiger partial charge is 0.311 e. The van der Waals surface area contributed by atoms with Crippen molar-refractivity contribution in [1.82, 2.24) is 5.32 Å². The first-order chi connectivity index (χ1) is 8.08. The summed E-state index contributed by atoms with van der Waals surface area (Å²) in [5, 5.41) is 3.98. The molecule has 2 unspecified atom stereocenters. The minimum Gasteiger partial charge on any atom is -0.311 e. The monoisotopic (exact) mass is 252 g/mol. The molecule has 0 bridgehead atoms. The summed E-state index contributed by atoms with van der Waals surface area (Å²) in [6.07, 6.45) is 0.957. The van der Waals surface area contributed by atoms with Gasteiger partial charge < -0.3 is 10.2 Å². The lowest BCUT2D eigenvalue weighted by molar-refractivity contribution is -0.119. The summed E-state index contributed by atoms with van der Waals surface area (Å²) in [6.45, 7) is 4.77. The Labute approximate surface area is 107 Å². The Morgan fingerprint density at radius 2 is 1.94 bits per heavy atom. The third-order valence-corrected chi connectivity index (χ3v) is 3.35. The normalized spacial score (nSPS) is 25.8. The second-order valence-corrected chi connectivity index (χ2v) is 4.98. The first-order valence-electron chi connectivity index (χ1n) is 5.91. The molecule has 0 aromatic heterocycles. The molecule has 92 valence electrons. The van der Waals surface area contributed by atoms with Crippen LogP contribution in [0.3, 0.4) is 0 Å². The zero-order chi connectivity index (χ0) is 12.4. The molecule has 4 heteroatoms. The second-order valence-electron chi connectivity index (χ2n) is 4.54. The highest BCUT2D eigenvalue weighted by atomic mass is 35.5. The van der Waals surface area contributed by atoms with E-state index < -0.39 is 0 Å². The average molecular weight is 253 g/mol. The van der Waals surface area contributed by atoms with Crippen molar-refractivity contribution >= 4 is 23.2 Å². The third-order valence-electron chi connectivity index (χ3n) is 3.09. The maximum absolute atomic E-state index is 12.2. The fourth-order valence-electron chi connectivity index (χ4n) is 2.13. The molecule has 2 rings (SSSR count). The van der Waals surface area contributed by atoms with Crippen molar-refractivity contribution in [2.75, 3.05) is 11.4 Å². The van der Waals surface area contributed by atoms with Crippen molar-refractivity contribution in [2.45, 2.75) is 32.4 Å². The molecule has 1 aliphatic heterocycles. The van der Waals surface area contributed by atoms with Crippen molar-refractivity contribution in [3.63, 3.8) is 0 Å². The molecule has 1 amide bonds. The number of halogens is 1. The van der Waals surface area contributed by atoms with Crippen LogP contribution >= 0.6 is 11.6 Å². The van der Waals surface area contributed by atoms with E-state index in [0.717, 1.165) is 18.7 Å². The quantitative estimate of drug-likeness (QED) is 0.833. The van der Waals surface area contributed by atoms with E-state index >= 15 is 0 Å². The summed E-state index contributed by atoms with van der Waals surface area (Å²) < 4.78 is 0. The molecule has 1 saturated heterocycles. The first-order valence-corrected chi connectivity index (χ1v) is 6.28. The lowest BCUT2D eigenvalue weighted by Crippen LogP contribution is -2.43. The lowest BCUT2D eigenvalue weighted by atomic mass is 10.2. The van der Waals surface area contributed by atoms with Gasteiger partial charge in [0.1, 0.15) is 0 Å². The Morgan fingerprint density at radius 1 is 1.29 bits per heavy atom. The van der Waals surface area contributed by atoms with Crippen LogP contribution in [0.2, 0.25) is 5.02 Å². The number of anilines is 1. The Kier molecular flexibility index (Phi) is 3.69. The number of nitrogens with zero attached hydrogens (tertiary/aromatic N) is 1. The Bertz CT molecular complexity index is 404. The molecule has 1 heterocycles. The van der Waals surface area contributed by atoms with Crippen molar-refractivity contribution in [2.24, 2.45) is 0 Å². The van der Waals surface area contributed by atoms with Gasteiger partial charge in [-0.1, -0.05) is 11.6 Å². The number of carbonyl (C=O) groups is 1. The molecule has 1 fully saturated rings.